The Hall–Kier alpha value is -8.70. The van der Waals surface area contributed by atoms with E-state index in [4.69, 9.17) is 86.2 Å². The molecule has 0 atom stereocenters. The summed E-state index contributed by atoms with van der Waals surface area (Å²) in [6.45, 7) is 17.2. The van der Waals surface area contributed by atoms with Crippen LogP contribution in [0.4, 0.5) is 0 Å². The molecule has 0 aliphatic carbocycles. The van der Waals surface area contributed by atoms with E-state index in [0.29, 0.717) is 192 Å². The third-order valence-corrected chi connectivity index (χ3v) is 13.5. The second kappa shape index (κ2) is 51.5. The van der Waals surface area contributed by atoms with Crippen LogP contribution in [0.5, 0.6) is 46.0 Å². The Morgan fingerprint density at radius 1 is 0.283 bits per heavy atom. The highest BCUT2D eigenvalue weighted by molar-refractivity contribution is 9.09. The first-order valence-corrected chi connectivity index (χ1v) is 33.7. The van der Waals surface area contributed by atoms with E-state index in [0.717, 1.165) is 63.9 Å². The molecule has 532 valence electrons. The van der Waals surface area contributed by atoms with Crippen LogP contribution in [-0.2, 0) is 37.9 Å². The van der Waals surface area contributed by atoms with Gasteiger partial charge in [0, 0.05) is 5.33 Å². The number of aromatic nitrogens is 6. The highest BCUT2D eigenvalue weighted by Crippen LogP contribution is 2.26. The summed E-state index contributed by atoms with van der Waals surface area (Å²) in [5.41, 5.74) is 5.76. The van der Waals surface area contributed by atoms with Gasteiger partial charge in [0.2, 0.25) is 0 Å². The van der Waals surface area contributed by atoms with Crippen molar-refractivity contribution >= 4 is 15.9 Å². The highest BCUT2D eigenvalue weighted by atomic mass is 79.9. The molecular formula is C74H91BrN6O18. The maximum atomic E-state index is 9.45. The number of rotatable bonds is 50. The first kappa shape index (κ1) is 79.3. The van der Waals surface area contributed by atoms with Crippen molar-refractivity contribution in [1.82, 2.24) is 29.9 Å². The molecule has 0 saturated carbocycles. The predicted octanol–water partition coefficient (Wildman–Crippen LogP) is 10.8. The summed E-state index contributed by atoms with van der Waals surface area (Å²) < 4.78 is 83.2. The van der Waals surface area contributed by atoms with Crippen molar-refractivity contribution in [2.45, 2.75) is 12.8 Å². The Labute approximate surface area is 587 Å². The van der Waals surface area contributed by atoms with Crippen molar-refractivity contribution in [3.63, 3.8) is 0 Å². The minimum atomic E-state index is 0.0130. The lowest BCUT2D eigenvalue weighted by Crippen LogP contribution is -2.13. The predicted molar refractivity (Wildman–Crippen MR) is 379 cm³/mol. The van der Waals surface area contributed by atoms with Gasteiger partial charge < -0.3 is 86.4 Å². The van der Waals surface area contributed by atoms with Crippen LogP contribution in [-0.4, -0.2) is 216 Å². The smallest absolute Gasteiger partial charge is 0.137 e. The molecule has 24 nitrogen and oxygen atoms in total. The lowest BCUT2D eigenvalue weighted by Gasteiger charge is -2.10. The fourth-order valence-corrected chi connectivity index (χ4v) is 8.48. The van der Waals surface area contributed by atoms with Crippen LogP contribution in [0, 0.1) is 0 Å². The lowest BCUT2D eigenvalue weighted by atomic mass is 10.2. The van der Waals surface area contributed by atoms with Crippen molar-refractivity contribution in [2.24, 2.45) is 0 Å². The van der Waals surface area contributed by atoms with Crippen LogP contribution in [0.25, 0.3) is 45.6 Å². The number of halogens is 1. The van der Waals surface area contributed by atoms with Crippen LogP contribution < -0.4 is 33.2 Å². The average Bonchev–Trinajstić information content (AvgIpc) is 0.868. The van der Waals surface area contributed by atoms with Crippen LogP contribution in [0.3, 0.4) is 0 Å². The summed E-state index contributed by atoms with van der Waals surface area (Å²) in [7, 11) is 0. The summed E-state index contributed by atoms with van der Waals surface area (Å²) in [6.07, 6.45) is 12.0. The molecular weight excluding hydrogens is 1340 g/mol. The molecule has 0 saturated heterocycles. The quantitative estimate of drug-likeness (QED) is 0.0181. The number of benzene rings is 2. The van der Waals surface area contributed by atoms with Crippen LogP contribution in [0.1, 0.15) is 12.8 Å². The molecule has 2 aromatic carbocycles. The molecule has 0 amide bonds. The Morgan fingerprint density at radius 2 is 0.535 bits per heavy atom. The summed E-state index contributed by atoms with van der Waals surface area (Å²) in [6, 6.07) is 40.7. The Bertz CT molecular complexity index is 3350. The van der Waals surface area contributed by atoms with Gasteiger partial charge in [-0.25, -0.2) is 9.97 Å². The van der Waals surface area contributed by atoms with Gasteiger partial charge in [0.05, 0.1) is 196 Å². The molecule has 25 heteroatoms. The minimum absolute atomic E-state index is 0.0130. The van der Waals surface area contributed by atoms with E-state index >= 15 is 0 Å². The molecule has 0 bridgehead atoms. The number of nitrogens with zero attached hydrogens (tertiary/aromatic N) is 6. The van der Waals surface area contributed by atoms with E-state index in [2.05, 4.69) is 54.0 Å². The molecule has 6 aromatic heterocycles. The van der Waals surface area contributed by atoms with Gasteiger partial charge in [0.15, 0.2) is 0 Å². The van der Waals surface area contributed by atoms with Crippen LogP contribution >= 0.6 is 15.9 Å². The minimum Gasteiger partial charge on any atom is -0.506 e. The SMILES string of the molecule is C=CCCBr.C=CCCOc1ccc(-c2cccc(-c3ccc(OCCOCCOCCOc4ccc(OCCOCCOCCO)cc4)cn3)n2)nc1.OCCOCCOCCOc1ccc(OCCOCCOCCOc2ccc(-c3cccc(-c4ccc(O)cn4)n3)nc2)cc1. The second-order valence-electron chi connectivity index (χ2n) is 20.4. The van der Waals surface area contributed by atoms with E-state index in [-0.39, 0.29) is 19.0 Å². The summed E-state index contributed by atoms with van der Waals surface area (Å²) in [5.74, 6) is 5.04. The average molecular weight is 1430 g/mol. The van der Waals surface area contributed by atoms with Gasteiger partial charge in [-0.3, -0.25) is 19.9 Å². The van der Waals surface area contributed by atoms with Crippen molar-refractivity contribution in [1.29, 1.82) is 0 Å². The maximum absolute atomic E-state index is 9.45. The van der Waals surface area contributed by atoms with Crippen molar-refractivity contribution < 1.29 is 86.4 Å². The molecule has 99 heavy (non-hydrogen) atoms. The van der Waals surface area contributed by atoms with Gasteiger partial charge >= 0.3 is 0 Å². The number of pyridine rings is 6. The van der Waals surface area contributed by atoms with E-state index < -0.39 is 0 Å². The summed E-state index contributed by atoms with van der Waals surface area (Å²) in [5, 5.41) is 27.8. The Morgan fingerprint density at radius 3 is 0.778 bits per heavy atom. The van der Waals surface area contributed by atoms with Gasteiger partial charge in [-0.15, -0.1) is 13.2 Å². The monoisotopic (exact) mass is 1430 g/mol. The fourth-order valence-electron chi connectivity index (χ4n) is 8.16. The van der Waals surface area contributed by atoms with Crippen molar-refractivity contribution in [3.05, 3.63) is 184 Å². The highest BCUT2D eigenvalue weighted by Gasteiger charge is 2.10. The molecule has 0 unspecified atom stereocenters. The molecule has 6 heterocycles. The standard InChI is InChI=1S/C37H45N3O9.C33H39N3O9.C4H7Br/c1-2-3-16-46-32-11-13-34(38-28-32)36-5-4-6-37(40-36)35-14-12-33(29-39-35)49-27-24-45-21-20-44-23-26-48-31-9-7-30(8-10-31)47-25-22-43-19-18-42-17-15-41;37-12-13-39-14-15-40-18-21-43-27-5-7-28(8-6-27)44-22-19-41-16-17-42-20-23-45-29-9-11-31(35-25-29)33-3-1-2-32(36-33)30-10-4-26(38)24-34-30;1-2-3-4-5/h2,4-14,28-29,41H,1,3,15-27H2;1-11,24-25,37-38H,12-23H2;2H,1,3-4H2. The van der Waals surface area contributed by atoms with Gasteiger partial charge in [-0.05, 0) is 134 Å². The van der Waals surface area contributed by atoms with E-state index in [1.165, 1.54) is 6.20 Å². The first-order chi connectivity index (χ1) is 48.9. The van der Waals surface area contributed by atoms with Crippen molar-refractivity contribution in [2.75, 3.05) is 171 Å². The molecule has 0 radical (unpaired) electrons. The van der Waals surface area contributed by atoms with Crippen LogP contribution in [0.15, 0.2) is 184 Å². The van der Waals surface area contributed by atoms with E-state index in [1.54, 1.807) is 30.7 Å². The first-order valence-electron chi connectivity index (χ1n) is 32.6. The number of aliphatic hydroxyl groups is 2. The van der Waals surface area contributed by atoms with Gasteiger partial charge in [-0.2, -0.15) is 0 Å². The zero-order valence-corrected chi connectivity index (χ0v) is 57.5. The van der Waals surface area contributed by atoms with E-state index in [9.17, 15) is 5.11 Å². The molecule has 8 rings (SSSR count). The van der Waals surface area contributed by atoms with Crippen molar-refractivity contribution in [3.8, 4) is 91.5 Å². The van der Waals surface area contributed by atoms with E-state index in [1.807, 2.05) is 133 Å². The molecule has 0 spiro atoms. The zero-order chi connectivity index (χ0) is 69.7. The largest absolute Gasteiger partial charge is 0.506 e. The number of hydrogen-bond donors (Lipinski definition) is 3. The molecule has 0 fully saturated rings. The van der Waals surface area contributed by atoms with Gasteiger partial charge in [-0.1, -0.05) is 40.2 Å². The number of aliphatic hydroxyl groups excluding tert-OH is 2. The lowest BCUT2D eigenvalue weighted by molar-refractivity contribution is 0.0247. The second-order valence-corrected chi connectivity index (χ2v) is 21.2. The number of alkyl halides is 1. The summed E-state index contributed by atoms with van der Waals surface area (Å²) >= 11 is 3.24. The molecule has 8 aromatic rings. The topological polar surface area (TPSA) is 276 Å². The zero-order valence-electron chi connectivity index (χ0n) is 55.9. The normalized spacial score (nSPS) is 10.7. The third kappa shape index (κ3) is 34.6. The number of allylic oxidation sites excluding steroid dienone is 1. The molecule has 0 aliphatic heterocycles. The number of hydrogen-bond acceptors (Lipinski definition) is 24. The molecule has 0 aliphatic rings. The third-order valence-electron chi connectivity index (χ3n) is 13.0. The maximum Gasteiger partial charge on any atom is 0.137 e. The molecule has 3 N–H and O–H groups in total. The number of ether oxygens (including phenoxy) is 15. The Kier molecular flexibility index (Phi) is 41.2. The van der Waals surface area contributed by atoms with Crippen LogP contribution in [0.2, 0.25) is 0 Å². The van der Waals surface area contributed by atoms with Gasteiger partial charge in [0.25, 0.3) is 0 Å². The Balaban J connectivity index is 0.000000293. The fraction of sp³-hybridized carbons (Fsp3) is 0.378. The number of aromatic hydroxyl groups is 1. The summed E-state index contributed by atoms with van der Waals surface area (Å²) in [4.78, 5) is 27.1. The van der Waals surface area contributed by atoms with Gasteiger partial charge in [0.1, 0.15) is 85.6 Å².